The number of hydrogen-bond donors (Lipinski definition) is 0. The van der Waals surface area contributed by atoms with Crippen LogP contribution in [0.4, 0.5) is 8.78 Å². The molecule has 0 aromatic heterocycles. The van der Waals surface area contributed by atoms with Crippen molar-refractivity contribution in [1.82, 2.24) is 0 Å². The van der Waals surface area contributed by atoms with Gasteiger partial charge in [-0.2, -0.15) is 0 Å². The molecule has 0 radical (unpaired) electrons. The van der Waals surface area contributed by atoms with Crippen LogP contribution in [0.3, 0.4) is 0 Å². The van der Waals surface area contributed by atoms with Crippen LogP contribution < -0.4 is 0 Å². The summed E-state index contributed by atoms with van der Waals surface area (Å²) in [5, 5.41) is 0. The second-order valence-electron chi connectivity index (χ2n) is 2.17. The average Bonchev–Trinajstić information content (AvgIpc) is 2.44. The van der Waals surface area contributed by atoms with Gasteiger partial charge in [0.1, 0.15) is 0 Å². The van der Waals surface area contributed by atoms with Crippen LogP contribution in [-0.2, 0) is 0 Å². The van der Waals surface area contributed by atoms with Crippen LogP contribution >= 0.6 is 22.6 Å². The first-order chi connectivity index (χ1) is 3.67. The summed E-state index contributed by atoms with van der Waals surface area (Å²) in [7, 11) is 0. The first-order valence-electron chi connectivity index (χ1n) is 2.60. The second kappa shape index (κ2) is 2.08. The SMILES string of the molecule is FC(F)(CI)C1CC1. The Hall–Kier alpha value is 0.590. The minimum atomic E-state index is -2.36. The maximum atomic E-state index is 12.3. The van der Waals surface area contributed by atoms with Crippen LogP contribution in [0.5, 0.6) is 0 Å². The van der Waals surface area contributed by atoms with Crippen LogP contribution in [0.2, 0.25) is 0 Å². The van der Waals surface area contributed by atoms with E-state index in [1.54, 1.807) is 22.6 Å². The van der Waals surface area contributed by atoms with Crippen molar-refractivity contribution < 1.29 is 8.78 Å². The van der Waals surface area contributed by atoms with Gasteiger partial charge in [0.05, 0.1) is 4.43 Å². The highest BCUT2D eigenvalue weighted by Gasteiger charge is 2.45. The van der Waals surface area contributed by atoms with Crippen LogP contribution in [0.15, 0.2) is 0 Å². The molecule has 0 aromatic rings. The summed E-state index contributed by atoms with van der Waals surface area (Å²) in [5.41, 5.74) is 0. The van der Waals surface area contributed by atoms with Gasteiger partial charge < -0.3 is 0 Å². The lowest BCUT2D eigenvalue weighted by Gasteiger charge is -2.09. The van der Waals surface area contributed by atoms with E-state index in [0.29, 0.717) is 0 Å². The highest BCUT2D eigenvalue weighted by Crippen LogP contribution is 2.44. The molecule has 1 rings (SSSR count). The van der Waals surface area contributed by atoms with Gasteiger partial charge in [-0.05, 0) is 12.8 Å². The van der Waals surface area contributed by atoms with E-state index in [-0.39, 0.29) is 10.3 Å². The fourth-order valence-electron chi connectivity index (χ4n) is 0.615. The lowest BCUT2D eigenvalue weighted by atomic mass is 10.2. The Bertz CT molecular complexity index is 88.4. The van der Waals surface area contributed by atoms with Crippen LogP contribution in [0.1, 0.15) is 12.8 Å². The number of alkyl halides is 3. The Balaban J connectivity index is 2.37. The summed E-state index contributed by atoms with van der Waals surface area (Å²) in [6, 6.07) is 0. The molecule has 1 fully saturated rings. The third-order valence-corrected chi connectivity index (χ3v) is 2.37. The Morgan fingerprint density at radius 1 is 1.50 bits per heavy atom. The molecule has 3 heteroatoms. The van der Waals surface area contributed by atoms with Crippen molar-refractivity contribution in [2.75, 3.05) is 4.43 Å². The van der Waals surface area contributed by atoms with Crippen LogP contribution in [-0.4, -0.2) is 10.4 Å². The molecule has 0 bridgehead atoms. The molecule has 48 valence electrons. The van der Waals surface area contributed by atoms with Gasteiger partial charge in [0, 0.05) is 5.92 Å². The third-order valence-electron chi connectivity index (χ3n) is 1.35. The molecule has 0 nitrogen and oxygen atoms in total. The average molecular weight is 232 g/mol. The largest absolute Gasteiger partial charge is 0.259 e. The predicted octanol–water partition coefficient (Wildman–Crippen LogP) is 2.47. The van der Waals surface area contributed by atoms with Gasteiger partial charge in [0.25, 0.3) is 5.92 Å². The molecule has 0 aliphatic heterocycles. The molecular formula is C5H7F2I. The van der Waals surface area contributed by atoms with E-state index in [1.807, 2.05) is 0 Å². The van der Waals surface area contributed by atoms with Gasteiger partial charge in [0.15, 0.2) is 0 Å². The molecule has 0 saturated heterocycles. The molecule has 0 heterocycles. The highest BCUT2D eigenvalue weighted by atomic mass is 127. The first kappa shape index (κ1) is 6.71. The van der Waals surface area contributed by atoms with Gasteiger partial charge in [-0.25, -0.2) is 8.78 Å². The minimum Gasteiger partial charge on any atom is -0.206 e. The lowest BCUT2D eigenvalue weighted by Crippen LogP contribution is -2.19. The molecule has 0 spiro atoms. The number of halogens is 3. The van der Waals surface area contributed by atoms with Gasteiger partial charge in [-0.3, -0.25) is 0 Å². The molecule has 8 heavy (non-hydrogen) atoms. The first-order valence-corrected chi connectivity index (χ1v) is 4.13. The Morgan fingerprint density at radius 2 is 2.00 bits per heavy atom. The Labute approximate surface area is 60.8 Å². The van der Waals surface area contributed by atoms with E-state index < -0.39 is 5.92 Å². The van der Waals surface area contributed by atoms with Crippen molar-refractivity contribution in [2.45, 2.75) is 18.8 Å². The predicted molar refractivity (Wildman–Crippen MR) is 36.6 cm³/mol. The Kier molecular flexibility index (Phi) is 1.74. The molecular weight excluding hydrogens is 225 g/mol. The van der Waals surface area contributed by atoms with Crippen molar-refractivity contribution >= 4 is 22.6 Å². The number of hydrogen-bond acceptors (Lipinski definition) is 0. The standard InChI is InChI=1S/C5H7F2I/c6-5(7,3-8)4-1-2-4/h4H,1-3H2. The van der Waals surface area contributed by atoms with Crippen LogP contribution in [0, 0.1) is 5.92 Å². The minimum absolute atomic E-state index is 0.0184. The molecule has 0 amide bonds. The van der Waals surface area contributed by atoms with E-state index in [4.69, 9.17) is 0 Å². The molecule has 0 unspecified atom stereocenters. The molecule has 0 atom stereocenters. The normalized spacial score (nSPS) is 21.4. The van der Waals surface area contributed by atoms with E-state index in [2.05, 4.69) is 0 Å². The van der Waals surface area contributed by atoms with E-state index >= 15 is 0 Å². The summed E-state index contributed by atoms with van der Waals surface area (Å²) in [6.45, 7) is 0. The Morgan fingerprint density at radius 3 is 2.12 bits per heavy atom. The fourth-order valence-corrected chi connectivity index (χ4v) is 1.24. The summed E-state index contributed by atoms with van der Waals surface area (Å²) in [4.78, 5) is 0. The second-order valence-corrected chi connectivity index (χ2v) is 2.93. The smallest absolute Gasteiger partial charge is 0.206 e. The topological polar surface area (TPSA) is 0 Å². The molecule has 0 aromatic carbocycles. The van der Waals surface area contributed by atoms with Crippen molar-refractivity contribution in [2.24, 2.45) is 5.92 Å². The lowest BCUT2D eigenvalue weighted by molar-refractivity contribution is 0.00660. The van der Waals surface area contributed by atoms with Crippen molar-refractivity contribution in [3.05, 3.63) is 0 Å². The highest BCUT2D eigenvalue weighted by molar-refractivity contribution is 14.1. The quantitative estimate of drug-likeness (QED) is 0.506. The van der Waals surface area contributed by atoms with Gasteiger partial charge >= 0.3 is 0 Å². The molecule has 0 N–H and O–H groups in total. The summed E-state index contributed by atoms with van der Waals surface area (Å²) >= 11 is 1.74. The van der Waals surface area contributed by atoms with Gasteiger partial charge in [-0.1, -0.05) is 22.6 Å². The monoisotopic (exact) mass is 232 g/mol. The van der Waals surface area contributed by atoms with Gasteiger partial charge in [0.2, 0.25) is 0 Å². The summed E-state index contributed by atoms with van der Waals surface area (Å²) in [6.07, 6.45) is 1.46. The number of rotatable bonds is 2. The maximum Gasteiger partial charge on any atom is 0.259 e. The zero-order chi connectivity index (χ0) is 6.20. The summed E-state index contributed by atoms with van der Waals surface area (Å²) < 4.78 is 24.6. The zero-order valence-electron chi connectivity index (χ0n) is 4.33. The van der Waals surface area contributed by atoms with Crippen LogP contribution in [0.25, 0.3) is 0 Å². The molecule has 1 saturated carbocycles. The van der Waals surface area contributed by atoms with Crippen molar-refractivity contribution in [3.8, 4) is 0 Å². The summed E-state index contributed by atoms with van der Waals surface area (Å²) in [5.74, 6) is -2.64. The zero-order valence-corrected chi connectivity index (χ0v) is 6.49. The maximum absolute atomic E-state index is 12.3. The third kappa shape index (κ3) is 1.30. The van der Waals surface area contributed by atoms with Gasteiger partial charge in [-0.15, -0.1) is 0 Å². The molecule has 1 aliphatic carbocycles. The van der Waals surface area contributed by atoms with Crippen molar-refractivity contribution in [3.63, 3.8) is 0 Å². The van der Waals surface area contributed by atoms with Crippen molar-refractivity contribution in [1.29, 1.82) is 0 Å². The van der Waals surface area contributed by atoms with E-state index in [9.17, 15) is 8.78 Å². The molecule has 1 aliphatic rings. The van der Waals surface area contributed by atoms with E-state index in [1.165, 1.54) is 0 Å². The fraction of sp³-hybridized carbons (Fsp3) is 1.00. The van der Waals surface area contributed by atoms with E-state index in [0.717, 1.165) is 12.8 Å².